The van der Waals surface area contributed by atoms with E-state index < -0.39 is 0 Å². The van der Waals surface area contributed by atoms with Crippen LogP contribution in [0.4, 0.5) is 0 Å². The average Bonchev–Trinajstić information content (AvgIpc) is 2.57. The van der Waals surface area contributed by atoms with Crippen LogP contribution < -0.4 is 5.73 Å². The van der Waals surface area contributed by atoms with E-state index in [0.29, 0.717) is 11.5 Å². The fourth-order valence-corrected chi connectivity index (χ4v) is 3.94. The Morgan fingerprint density at radius 1 is 0.947 bits per heavy atom. The third-order valence-corrected chi connectivity index (χ3v) is 5.45. The Balaban J connectivity index is 1.76. The van der Waals surface area contributed by atoms with E-state index >= 15 is 0 Å². The highest BCUT2D eigenvalue weighted by molar-refractivity contribution is 4.81. The topological polar surface area (TPSA) is 29.3 Å². The zero-order chi connectivity index (χ0) is 13.9. The van der Waals surface area contributed by atoms with Crippen molar-refractivity contribution in [3.8, 4) is 0 Å². The molecule has 1 saturated carbocycles. The lowest BCUT2D eigenvalue weighted by molar-refractivity contribution is 0.183. The zero-order valence-corrected chi connectivity index (χ0v) is 13.3. The summed E-state index contributed by atoms with van der Waals surface area (Å²) in [5.41, 5.74) is 6.50. The minimum atomic E-state index is 0.491. The first-order chi connectivity index (χ1) is 8.95. The first-order valence-electron chi connectivity index (χ1n) is 8.43. The molecular formula is C17H34N2. The van der Waals surface area contributed by atoms with E-state index in [1.807, 2.05) is 0 Å². The van der Waals surface area contributed by atoms with Gasteiger partial charge in [0, 0.05) is 12.6 Å². The molecular weight excluding hydrogens is 232 g/mol. The van der Waals surface area contributed by atoms with Crippen LogP contribution >= 0.6 is 0 Å². The highest BCUT2D eigenvalue weighted by Crippen LogP contribution is 2.34. The molecule has 2 rings (SSSR count). The second kappa shape index (κ2) is 6.58. The second-order valence-electron chi connectivity index (χ2n) is 8.08. The van der Waals surface area contributed by atoms with Crippen LogP contribution in [0.25, 0.3) is 0 Å². The Morgan fingerprint density at radius 2 is 1.63 bits per heavy atom. The minimum absolute atomic E-state index is 0.491. The summed E-state index contributed by atoms with van der Waals surface area (Å²) >= 11 is 0. The number of hydrogen-bond donors (Lipinski definition) is 1. The highest BCUT2D eigenvalue weighted by Gasteiger charge is 2.28. The molecule has 0 aromatic rings. The van der Waals surface area contributed by atoms with Gasteiger partial charge < -0.3 is 10.6 Å². The molecule has 0 aromatic heterocycles. The van der Waals surface area contributed by atoms with Gasteiger partial charge in [0.05, 0.1) is 0 Å². The summed E-state index contributed by atoms with van der Waals surface area (Å²) in [5, 5.41) is 0. The zero-order valence-electron chi connectivity index (χ0n) is 13.3. The summed E-state index contributed by atoms with van der Waals surface area (Å²) in [6.07, 6.45) is 9.45. The number of rotatable bonds is 2. The van der Waals surface area contributed by atoms with Crippen LogP contribution in [0.15, 0.2) is 0 Å². The Hall–Kier alpha value is -0.0800. The van der Waals surface area contributed by atoms with Crippen molar-refractivity contribution in [1.82, 2.24) is 4.90 Å². The van der Waals surface area contributed by atoms with Gasteiger partial charge in [-0.25, -0.2) is 0 Å². The standard InChI is InChI=1S/C17H34N2/c1-17(2,3)15-5-4-11-19(12-10-15)13-14-6-8-16(18)9-7-14/h14-16H,4-13,18H2,1-3H3. The van der Waals surface area contributed by atoms with Crippen molar-refractivity contribution in [3.05, 3.63) is 0 Å². The molecule has 19 heavy (non-hydrogen) atoms. The summed E-state index contributed by atoms with van der Waals surface area (Å²) in [5.74, 6) is 1.84. The molecule has 112 valence electrons. The van der Waals surface area contributed by atoms with E-state index in [0.717, 1.165) is 11.8 Å². The second-order valence-corrected chi connectivity index (χ2v) is 8.08. The Morgan fingerprint density at radius 3 is 2.26 bits per heavy atom. The molecule has 1 atom stereocenters. The van der Waals surface area contributed by atoms with Crippen LogP contribution in [0.2, 0.25) is 0 Å². The van der Waals surface area contributed by atoms with E-state index in [1.54, 1.807) is 0 Å². The normalized spacial score (nSPS) is 35.1. The first kappa shape index (κ1) is 15.3. The van der Waals surface area contributed by atoms with Crippen LogP contribution in [0.1, 0.15) is 65.7 Å². The highest BCUT2D eigenvalue weighted by atomic mass is 15.1. The Labute approximate surface area is 120 Å². The molecule has 1 aliphatic heterocycles. The maximum atomic E-state index is 6.01. The predicted octanol–water partition coefficient (Wildman–Crippen LogP) is 3.65. The van der Waals surface area contributed by atoms with Crippen LogP contribution in [0.3, 0.4) is 0 Å². The average molecular weight is 266 g/mol. The maximum absolute atomic E-state index is 6.01. The largest absolute Gasteiger partial charge is 0.328 e. The lowest BCUT2D eigenvalue weighted by Crippen LogP contribution is -2.35. The molecule has 2 heteroatoms. The van der Waals surface area contributed by atoms with E-state index in [2.05, 4.69) is 25.7 Å². The molecule has 2 fully saturated rings. The van der Waals surface area contributed by atoms with Crippen molar-refractivity contribution in [1.29, 1.82) is 0 Å². The van der Waals surface area contributed by atoms with Gasteiger partial charge in [0.15, 0.2) is 0 Å². The predicted molar refractivity (Wildman–Crippen MR) is 83.2 cm³/mol. The summed E-state index contributed by atoms with van der Waals surface area (Å²) in [7, 11) is 0. The third-order valence-electron chi connectivity index (χ3n) is 5.45. The molecule has 1 unspecified atom stereocenters. The van der Waals surface area contributed by atoms with Gasteiger partial charge in [0.25, 0.3) is 0 Å². The van der Waals surface area contributed by atoms with Gasteiger partial charge in [-0.1, -0.05) is 20.8 Å². The lowest BCUT2D eigenvalue weighted by atomic mass is 9.77. The summed E-state index contributed by atoms with van der Waals surface area (Å²) in [4.78, 5) is 2.74. The van der Waals surface area contributed by atoms with Gasteiger partial charge in [0.2, 0.25) is 0 Å². The fraction of sp³-hybridized carbons (Fsp3) is 1.00. The van der Waals surface area contributed by atoms with Gasteiger partial charge in [-0.05, 0) is 75.3 Å². The summed E-state index contributed by atoms with van der Waals surface area (Å²) < 4.78 is 0. The van der Waals surface area contributed by atoms with E-state index in [1.165, 1.54) is 64.6 Å². The molecule has 2 nitrogen and oxygen atoms in total. The van der Waals surface area contributed by atoms with Gasteiger partial charge in [-0.3, -0.25) is 0 Å². The van der Waals surface area contributed by atoms with Crippen molar-refractivity contribution < 1.29 is 0 Å². The maximum Gasteiger partial charge on any atom is 0.00390 e. The van der Waals surface area contributed by atoms with Crippen LogP contribution in [0.5, 0.6) is 0 Å². The SMILES string of the molecule is CC(C)(C)C1CCCN(CC2CCC(N)CC2)CC1. The molecule has 0 amide bonds. The van der Waals surface area contributed by atoms with Crippen molar-refractivity contribution >= 4 is 0 Å². The van der Waals surface area contributed by atoms with E-state index in [9.17, 15) is 0 Å². The van der Waals surface area contributed by atoms with E-state index in [4.69, 9.17) is 5.73 Å². The number of hydrogen-bond acceptors (Lipinski definition) is 2. The van der Waals surface area contributed by atoms with Gasteiger partial charge in [0.1, 0.15) is 0 Å². The fourth-order valence-electron chi connectivity index (χ4n) is 3.94. The third kappa shape index (κ3) is 4.75. The van der Waals surface area contributed by atoms with Crippen molar-refractivity contribution in [2.24, 2.45) is 23.0 Å². The van der Waals surface area contributed by atoms with E-state index in [-0.39, 0.29) is 0 Å². The van der Waals surface area contributed by atoms with Gasteiger partial charge >= 0.3 is 0 Å². The van der Waals surface area contributed by atoms with Crippen molar-refractivity contribution in [3.63, 3.8) is 0 Å². The number of likely N-dealkylation sites (tertiary alicyclic amines) is 1. The molecule has 1 heterocycles. The monoisotopic (exact) mass is 266 g/mol. The molecule has 0 aromatic carbocycles. The minimum Gasteiger partial charge on any atom is -0.328 e. The molecule has 0 bridgehead atoms. The number of nitrogens with two attached hydrogens (primary N) is 1. The van der Waals surface area contributed by atoms with Crippen molar-refractivity contribution in [2.75, 3.05) is 19.6 Å². The summed E-state index contributed by atoms with van der Waals surface area (Å²) in [6, 6.07) is 0.491. The molecule has 0 radical (unpaired) electrons. The van der Waals surface area contributed by atoms with Gasteiger partial charge in [-0.15, -0.1) is 0 Å². The lowest BCUT2D eigenvalue weighted by Gasteiger charge is -2.32. The molecule has 1 saturated heterocycles. The van der Waals surface area contributed by atoms with Crippen LogP contribution in [-0.2, 0) is 0 Å². The smallest absolute Gasteiger partial charge is 0.00390 e. The first-order valence-corrected chi connectivity index (χ1v) is 8.43. The molecule has 2 N–H and O–H groups in total. The number of nitrogens with zero attached hydrogens (tertiary/aromatic N) is 1. The Bertz CT molecular complexity index is 261. The quantitative estimate of drug-likeness (QED) is 0.826. The molecule has 1 aliphatic carbocycles. The summed E-state index contributed by atoms with van der Waals surface area (Å²) in [6.45, 7) is 11.2. The molecule has 2 aliphatic rings. The van der Waals surface area contributed by atoms with Gasteiger partial charge in [-0.2, -0.15) is 0 Å². The Kier molecular flexibility index (Phi) is 5.30. The van der Waals surface area contributed by atoms with Crippen LogP contribution in [-0.4, -0.2) is 30.6 Å². The van der Waals surface area contributed by atoms with Crippen LogP contribution in [0, 0.1) is 17.3 Å². The van der Waals surface area contributed by atoms with Crippen molar-refractivity contribution in [2.45, 2.75) is 71.8 Å². The molecule has 0 spiro atoms.